The minimum Gasteiger partial charge on any atom is -0.489 e. The summed E-state index contributed by atoms with van der Waals surface area (Å²) in [5, 5.41) is 6.89. The zero-order valence-corrected chi connectivity index (χ0v) is 25.8. The second kappa shape index (κ2) is 11.1. The number of benzene rings is 3. The molecule has 0 atom stereocenters. The minimum absolute atomic E-state index is 0.257. The van der Waals surface area contributed by atoms with Gasteiger partial charge in [-0.25, -0.2) is 4.79 Å². The smallest absolute Gasteiger partial charge is 0.340 e. The number of nitrogens with zero attached hydrogens (tertiary/aromatic N) is 3. The summed E-state index contributed by atoms with van der Waals surface area (Å²) in [7, 11) is 3.34. The van der Waals surface area contributed by atoms with Crippen LogP contribution < -0.4 is 9.64 Å². The lowest BCUT2D eigenvalue weighted by atomic mass is 9.90. The van der Waals surface area contributed by atoms with E-state index in [1.54, 1.807) is 18.2 Å². The van der Waals surface area contributed by atoms with E-state index in [-0.39, 0.29) is 12.6 Å². The van der Waals surface area contributed by atoms with E-state index in [4.69, 9.17) is 48.8 Å². The van der Waals surface area contributed by atoms with Crippen LogP contribution in [0, 0.1) is 0 Å². The highest BCUT2D eigenvalue weighted by atomic mass is 35.5. The number of hydrogen-bond donors (Lipinski definition) is 0. The van der Waals surface area contributed by atoms with Crippen LogP contribution in [0.1, 0.15) is 51.9 Å². The number of aromatic nitrogens is 2. The quantitative estimate of drug-likeness (QED) is 0.159. The summed E-state index contributed by atoms with van der Waals surface area (Å²) in [6, 6.07) is 17.4. The highest BCUT2D eigenvalue weighted by Crippen LogP contribution is 2.46. The Morgan fingerprint density at radius 3 is 2.47 bits per heavy atom. The van der Waals surface area contributed by atoms with Crippen LogP contribution in [-0.4, -0.2) is 35.9 Å². The number of aryl methyl sites for hydroxylation is 1. The second-order valence-corrected chi connectivity index (χ2v) is 12.4. The first-order valence-electron chi connectivity index (χ1n) is 14.1. The molecule has 5 aromatic rings. The first kappa shape index (κ1) is 28.1. The number of ether oxygens (including phenoxy) is 2. The van der Waals surface area contributed by atoms with Gasteiger partial charge in [-0.3, -0.25) is 0 Å². The molecule has 0 spiro atoms. The van der Waals surface area contributed by atoms with E-state index in [0.717, 1.165) is 53.8 Å². The van der Waals surface area contributed by atoms with Crippen LogP contribution >= 0.6 is 34.8 Å². The lowest BCUT2D eigenvalue weighted by Gasteiger charge is -2.42. The number of halogens is 3. The van der Waals surface area contributed by atoms with Gasteiger partial charge in [0.05, 0.1) is 39.0 Å². The monoisotopic (exact) mass is 635 g/mol. The van der Waals surface area contributed by atoms with E-state index in [1.165, 1.54) is 12.7 Å². The maximum Gasteiger partial charge on any atom is 0.340 e. The molecule has 3 aromatic carbocycles. The largest absolute Gasteiger partial charge is 0.489 e. The summed E-state index contributed by atoms with van der Waals surface area (Å²) in [5.41, 5.74) is 5.90. The molecule has 3 heterocycles. The molecule has 10 heteroatoms. The van der Waals surface area contributed by atoms with Crippen LogP contribution in [-0.2, 0) is 18.4 Å². The average molecular weight is 637 g/mol. The van der Waals surface area contributed by atoms with Crippen molar-refractivity contribution in [1.29, 1.82) is 0 Å². The highest BCUT2D eigenvalue weighted by Gasteiger charge is 2.34. The molecular formula is C33H28Cl3N3O4. The molecule has 0 unspecified atom stereocenters. The van der Waals surface area contributed by atoms with Crippen LogP contribution in [0.4, 0.5) is 5.69 Å². The van der Waals surface area contributed by atoms with E-state index >= 15 is 0 Å². The predicted octanol–water partition coefficient (Wildman–Crippen LogP) is 8.64. The van der Waals surface area contributed by atoms with E-state index in [9.17, 15) is 4.79 Å². The van der Waals surface area contributed by atoms with Gasteiger partial charge in [-0.1, -0.05) is 58.2 Å². The normalized spacial score (nSPS) is 15.1. The van der Waals surface area contributed by atoms with Crippen LogP contribution in [0.25, 0.3) is 22.2 Å². The molecule has 0 radical (unpaired) electrons. The number of esters is 1. The number of hydrogen-bond acceptors (Lipinski definition) is 6. The lowest BCUT2D eigenvalue weighted by Crippen LogP contribution is -2.45. The summed E-state index contributed by atoms with van der Waals surface area (Å²) in [6.45, 7) is 1.94. The van der Waals surface area contributed by atoms with Crippen molar-refractivity contribution in [2.24, 2.45) is 7.05 Å². The molecule has 1 aliphatic heterocycles. The van der Waals surface area contributed by atoms with E-state index in [0.29, 0.717) is 49.5 Å². The Hall–Kier alpha value is -3.65. The fraction of sp³-hybridized carbons (Fsp3) is 0.273. The summed E-state index contributed by atoms with van der Waals surface area (Å²) in [6.07, 6.45) is 3.94. The molecule has 0 bridgehead atoms. The molecule has 2 aromatic heterocycles. The molecule has 1 saturated heterocycles. The van der Waals surface area contributed by atoms with E-state index in [1.807, 2.05) is 42.1 Å². The number of rotatable bonds is 8. The predicted molar refractivity (Wildman–Crippen MR) is 169 cm³/mol. The molecule has 2 aliphatic rings. The maximum atomic E-state index is 12.1. The van der Waals surface area contributed by atoms with Gasteiger partial charge in [0.2, 0.25) is 0 Å². The lowest BCUT2D eigenvalue weighted by molar-refractivity contribution is 0.0602. The molecule has 0 amide bonds. The van der Waals surface area contributed by atoms with E-state index in [2.05, 4.69) is 22.2 Å². The second-order valence-electron chi connectivity index (χ2n) is 11.2. The van der Waals surface area contributed by atoms with Crippen molar-refractivity contribution in [3.8, 4) is 17.0 Å². The van der Waals surface area contributed by atoms with Crippen molar-refractivity contribution in [2.45, 2.75) is 31.3 Å². The van der Waals surface area contributed by atoms with Crippen LogP contribution in [0.5, 0.6) is 5.75 Å². The fourth-order valence-electron chi connectivity index (χ4n) is 5.85. The Bertz CT molecular complexity index is 1850. The van der Waals surface area contributed by atoms with Gasteiger partial charge in [0, 0.05) is 60.7 Å². The highest BCUT2D eigenvalue weighted by molar-refractivity contribution is 6.39. The molecule has 1 saturated carbocycles. The zero-order valence-electron chi connectivity index (χ0n) is 23.6. The van der Waals surface area contributed by atoms with Crippen molar-refractivity contribution in [3.05, 3.63) is 98.3 Å². The Balaban J connectivity index is 1.05. The molecule has 43 heavy (non-hydrogen) atoms. The van der Waals surface area contributed by atoms with Crippen molar-refractivity contribution in [2.75, 3.05) is 25.1 Å². The summed E-state index contributed by atoms with van der Waals surface area (Å²) in [5.74, 6) is 1.85. The van der Waals surface area contributed by atoms with Crippen molar-refractivity contribution >= 4 is 57.4 Å². The zero-order chi connectivity index (χ0) is 29.8. The molecule has 220 valence electrons. The first-order valence-corrected chi connectivity index (χ1v) is 15.2. The van der Waals surface area contributed by atoms with Crippen LogP contribution in [0.3, 0.4) is 0 Å². The topological polar surface area (TPSA) is 69.7 Å². The van der Waals surface area contributed by atoms with Crippen LogP contribution in [0.2, 0.25) is 15.1 Å². The number of anilines is 1. The number of methoxy groups -OCH3 is 1. The molecule has 7 rings (SSSR count). The third-order valence-corrected chi connectivity index (χ3v) is 9.31. The third-order valence-electron chi connectivity index (χ3n) is 8.38. The molecule has 0 N–H and O–H groups in total. The average Bonchev–Trinajstić information content (AvgIpc) is 3.66. The molecule has 7 nitrogen and oxygen atoms in total. The Morgan fingerprint density at radius 1 is 1.00 bits per heavy atom. The number of fused-ring (bicyclic) bond motifs is 1. The maximum absolute atomic E-state index is 12.1. The molecule has 2 fully saturated rings. The van der Waals surface area contributed by atoms with Crippen molar-refractivity contribution < 1.29 is 18.8 Å². The molecular weight excluding hydrogens is 609 g/mol. The Morgan fingerprint density at radius 2 is 1.77 bits per heavy atom. The fourth-order valence-corrected chi connectivity index (χ4v) is 6.72. The molecule has 1 aliphatic carbocycles. The van der Waals surface area contributed by atoms with Gasteiger partial charge in [-0.2, -0.15) is 0 Å². The van der Waals surface area contributed by atoms with Crippen molar-refractivity contribution in [3.63, 3.8) is 0 Å². The Labute approximate surface area is 263 Å². The summed E-state index contributed by atoms with van der Waals surface area (Å²) >= 11 is 19.8. The van der Waals surface area contributed by atoms with Gasteiger partial charge < -0.3 is 23.5 Å². The SMILES string of the molecule is COC(=O)c1cn(C)c2cc(C3CN(c4ccc(OCc5c(-c6c(Cl)cccc6Cl)noc5C5CC5)cc4Cl)C3)ccc12. The van der Waals surface area contributed by atoms with Gasteiger partial charge >= 0.3 is 5.97 Å². The van der Waals surface area contributed by atoms with Crippen LogP contribution in [0.15, 0.2) is 65.3 Å². The summed E-state index contributed by atoms with van der Waals surface area (Å²) < 4.78 is 18.9. The van der Waals surface area contributed by atoms with Gasteiger partial charge in [0.25, 0.3) is 0 Å². The van der Waals surface area contributed by atoms with Gasteiger partial charge in [-0.15, -0.1) is 0 Å². The van der Waals surface area contributed by atoms with Gasteiger partial charge in [0.1, 0.15) is 23.8 Å². The van der Waals surface area contributed by atoms with Gasteiger partial charge in [0.15, 0.2) is 0 Å². The Kier molecular flexibility index (Phi) is 7.28. The summed E-state index contributed by atoms with van der Waals surface area (Å²) in [4.78, 5) is 14.4. The number of carbonyl (C=O) groups excluding carboxylic acids is 1. The first-order chi connectivity index (χ1) is 20.8. The van der Waals surface area contributed by atoms with E-state index < -0.39 is 0 Å². The number of carbonyl (C=O) groups is 1. The minimum atomic E-state index is -0.328. The standard InChI is InChI=1S/C33H28Cl3N3O4/c1-38-16-23(33(40)41-2)22-10-8-19(12-29(22)38)20-14-39(15-20)28-11-9-21(13-27(28)36)42-17-24-31(37-43-32(24)18-6-7-18)30-25(34)4-3-5-26(30)35/h3-5,8-13,16,18,20H,6-7,14-15,17H2,1-2H3. The van der Waals surface area contributed by atoms with Crippen molar-refractivity contribution in [1.82, 2.24) is 9.72 Å². The third kappa shape index (κ3) is 5.13. The van der Waals surface area contributed by atoms with Gasteiger partial charge in [-0.05, 0) is 48.7 Å².